The van der Waals surface area contributed by atoms with Crippen LogP contribution >= 0.6 is 11.8 Å². The van der Waals surface area contributed by atoms with Crippen LogP contribution in [0.15, 0.2) is 47.4 Å². The summed E-state index contributed by atoms with van der Waals surface area (Å²) in [6.45, 7) is 5.07. The maximum absolute atomic E-state index is 13.5. The van der Waals surface area contributed by atoms with Crippen molar-refractivity contribution in [3.8, 4) is 11.5 Å². The molecule has 3 heterocycles. The zero-order valence-corrected chi connectivity index (χ0v) is 20.0. The van der Waals surface area contributed by atoms with E-state index >= 15 is 0 Å². The number of ether oxygens (including phenoxy) is 2. The number of carbonyl (C=O) groups is 3. The molecule has 4 amide bonds. The van der Waals surface area contributed by atoms with Gasteiger partial charge in [-0.1, -0.05) is 25.1 Å². The van der Waals surface area contributed by atoms with Gasteiger partial charge in [-0.25, -0.2) is 4.79 Å². The number of anilines is 1. The lowest BCUT2D eigenvalue weighted by atomic mass is 9.91. The Morgan fingerprint density at radius 3 is 2.74 bits per heavy atom. The van der Waals surface area contributed by atoms with E-state index in [4.69, 9.17) is 9.47 Å². The van der Waals surface area contributed by atoms with Crippen LogP contribution in [0.5, 0.6) is 11.5 Å². The lowest BCUT2D eigenvalue weighted by Crippen LogP contribution is -2.45. The van der Waals surface area contributed by atoms with Gasteiger partial charge in [0.25, 0.3) is 5.91 Å². The van der Waals surface area contributed by atoms with Crippen molar-refractivity contribution in [2.45, 2.75) is 42.4 Å². The molecule has 2 atom stereocenters. The smallest absolute Gasteiger partial charge is 0.325 e. The number of hydrogen-bond acceptors (Lipinski definition) is 6. The molecule has 8 nitrogen and oxygen atoms in total. The predicted octanol–water partition coefficient (Wildman–Crippen LogP) is 3.53. The summed E-state index contributed by atoms with van der Waals surface area (Å²) in [5.41, 5.74) is 0.0956. The fraction of sp³-hybridized carbons (Fsp3) is 0.400. The van der Waals surface area contributed by atoms with E-state index in [1.54, 1.807) is 41.8 Å². The normalized spacial score (nSPS) is 24.2. The second kappa shape index (κ2) is 8.87. The fourth-order valence-corrected chi connectivity index (χ4v) is 5.59. The molecule has 3 aliphatic heterocycles. The molecule has 1 saturated heterocycles. The molecular formula is C25H27N3O5S. The molecule has 1 N–H and O–H groups in total. The molecule has 5 rings (SSSR count). The highest BCUT2D eigenvalue weighted by molar-refractivity contribution is 8.00. The van der Waals surface area contributed by atoms with Crippen molar-refractivity contribution in [3.63, 3.8) is 0 Å². The number of carbonyl (C=O) groups excluding carboxylic acids is 3. The van der Waals surface area contributed by atoms with E-state index in [9.17, 15) is 14.4 Å². The van der Waals surface area contributed by atoms with E-state index < -0.39 is 17.5 Å². The lowest BCUT2D eigenvalue weighted by Gasteiger charge is -2.25. The largest absolute Gasteiger partial charge is 0.490 e. The van der Waals surface area contributed by atoms with Gasteiger partial charge in [-0.3, -0.25) is 14.5 Å². The van der Waals surface area contributed by atoms with Gasteiger partial charge in [0.1, 0.15) is 12.1 Å². The molecule has 0 bridgehead atoms. The van der Waals surface area contributed by atoms with E-state index in [-0.39, 0.29) is 12.5 Å². The topological polar surface area (TPSA) is 88.2 Å². The summed E-state index contributed by atoms with van der Waals surface area (Å²) in [7, 11) is 0. The second-order valence-electron chi connectivity index (χ2n) is 8.89. The predicted molar refractivity (Wildman–Crippen MR) is 128 cm³/mol. The van der Waals surface area contributed by atoms with Crippen molar-refractivity contribution in [3.05, 3.63) is 48.0 Å². The molecule has 1 fully saturated rings. The van der Waals surface area contributed by atoms with Crippen LogP contribution in [0, 0.1) is 0 Å². The summed E-state index contributed by atoms with van der Waals surface area (Å²) < 4.78 is 11.4. The van der Waals surface area contributed by atoms with E-state index in [2.05, 4.69) is 12.2 Å². The molecule has 34 heavy (non-hydrogen) atoms. The maximum Gasteiger partial charge on any atom is 0.325 e. The van der Waals surface area contributed by atoms with Gasteiger partial charge in [-0.2, -0.15) is 0 Å². The van der Waals surface area contributed by atoms with Gasteiger partial charge in [0.15, 0.2) is 11.5 Å². The third-order valence-corrected chi connectivity index (χ3v) is 7.67. The van der Waals surface area contributed by atoms with E-state index in [1.807, 2.05) is 24.3 Å². The molecule has 9 heteroatoms. The Hall–Kier alpha value is -3.20. The monoisotopic (exact) mass is 481 g/mol. The quantitative estimate of drug-likeness (QED) is 0.675. The average Bonchev–Trinajstić information content (AvgIpc) is 3.04. The Bertz CT molecular complexity index is 1160. The van der Waals surface area contributed by atoms with Gasteiger partial charge in [0.2, 0.25) is 5.91 Å². The third-order valence-electron chi connectivity index (χ3n) is 6.44. The summed E-state index contributed by atoms with van der Waals surface area (Å²) in [6, 6.07) is 12.4. The molecule has 0 aliphatic carbocycles. The van der Waals surface area contributed by atoms with Gasteiger partial charge in [0, 0.05) is 23.1 Å². The number of fused-ring (bicyclic) bond motifs is 2. The van der Waals surface area contributed by atoms with Crippen LogP contribution in [-0.4, -0.2) is 54.3 Å². The number of urea groups is 1. The minimum absolute atomic E-state index is 0.284. The number of thioether (sulfide) groups is 1. The molecule has 2 unspecified atom stereocenters. The number of nitrogens with zero attached hydrogens (tertiary/aromatic N) is 2. The molecular weight excluding hydrogens is 454 g/mol. The third kappa shape index (κ3) is 3.98. The van der Waals surface area contributed by atoms with E-state index in [0.717, 1.165) is 28.3 Å². The molecule has 178 valence electrons. The SMILES string of the molecule is CC1CCN(C(=O)CN2C(=O)NC(C)(c3ccc4c(c3)OCCCO4)C2=O)c2ccccc2S1. The highest BCUT2D eigenvalue weighted by atomic mass is 32.2. The zero-order valence-electron chi connectivity index (χ0n) is 19.2. The second-order valence-corrected chi connectivity index (χ2v) is 10.4. The Morgan fingerprint density at radius 2 is 1.91 bits per heavy atom. The molecule has 3 aliphatic rings. The number of rotatable bonds is 3. The van der Waals surface area contributed by atoms with Crippen molar-refractivity contribution in [2.75, 3.05) is 31.2 Å². The van der Waals surface area contributed by atoms with Gasteiger partial charge in [0.05, 0.1) is 18.9 Å². The first kappa shape index (κ1) is 22.6. The average molecular weight is 482 g/mol. The van der Waals surface area contributed by atoms with Gasteiger partial charge < -0.3 is 19.7 Å². The van der Waals surface area contributed by atoms with E-state index in [1.165, 1.54) is 0 Å². The van der Waals surface area contributed by atoms with Crippen molar-refractivity contribution >= 4 is 35.3 Å². The number of benzene rings is 2. The Kier molecular flexibility index (Phi) is 5.89. The maximum atomic E-state index is 13.5. The molecule has 0 spiro atoms. The minimum Gasteiger partial charge on any atom is -0.490 e. The first-order chi connectivity index (χ1) is 16.4. The van der Waals surface area contributed by atoms with E-state index in [0.29, 0.717) is 42.1 Å². The Labute approximate surface area is 202 Å². The van der Waals surface area contributed by atoms with Crippen LogP contribution in [0.25, 0.3) is 0 Å². The van der Waals surface area contributed by atoms with Crippen molar-refractivity contribution < 1.29 is 23.9 Å². The molecule has 2 aromatic carbocycles. The molecule has 0 saturated carbocycles. The van der Waals surface area contributed by atoms with Gasteiger partial charge in [-0.15, -0.1) is 11.8 Å². The number of para-hydroxylation sites is 1. The number of imide groups is 1. The van der Waals surface area contributed by atoms with Crippen LogP contribution < -0.4 is 19.7 Å². The van der Waals surface area contributed by atoms with Crippen molar-refractivity contribution in [2.24, 2.45) is 0 Å². The highest BCUT2D eigenvalue weighted by Gasteiger charge is 2.50. The Morgan fingerprint density at radius 1 is 1.15 bits per heavy atom. The van der Waals surface area contributed by atoms with Crippen molar-refractivity contribution in [1.82, 2.24) is 10.2 Å². The fourth-order valence-electron chi connectivity index (χ4n) is 4.48. The van der Waals surface area contributed by atoms with Crippen LogP contribution in [0.4, 0.5) is 10.5 Å². The lowest BCUT2D eigenvalue weighted by molar-refractivity contribution is -0.134. The van der Waals surface area contributed by atoms with Crippen LogP contribution in [0.3, 0.4) is 0 Å². The first-order valence-corrected chi connectivity index (χ1v) is 12.3. The summed E-state index contributed by atoms with van der Waals surface area (Å²) in [5.74, 6) is 0.404. The summed E-state index contributed by atoms with van der Waals surface area (Å²) in [6.07, 6.45) is 1.59. The summed E-state index contributed by atoms with van der Waals surface area (Å²) >= 11 is 1.73. The number of amides is 4. The molecule has 0 aromatic heterocycles. The highest BCUT2D eigenvalue weighted by Crippen LogP contribution is 2.39. The van der Waals surface area contributed by atoms with Crippen LogP contribution in [-0.2, 0) is 15.1 Å². The Balaban J connectivity index is 1.38. The van der Waals surface area contributed by atoms with Crippen molar-refractivity contribution in [1.29, 1.82) is 0 Å². The molecule has 0 radical (unpaired) electrons. The zero-order chi connectivity index (χ0) is 23.9. The van der Waals surface area contributed by atoms with Crippen LogP contribution in [0.1, 0.15) is 32.3 Å². The number of hydrogen-bond donors (Lipinski definition) is 1. The van der Waals surface area contributed by atoms with Gasteiger partial charge >= 0.3 is 6.03 Å². The minimum atomic E-state index is -1.30. The van der Waals surface area contributed by atoms with Crippen LogP contribution in [0.2, 0.25) is 0 Å². The number of nitrogens with one attached hydrogen (secondary N) is 1. The first-order valence-electron chi connectivity index (χ1n) is 11.5. The molecule has 2 aromatic rings. The van der Waals surface area contributed by atoms with Gasteiger partial charge in [-0.05, 0) is 43.2 Å². The standard InChI is InChI=1S/C25H27N3O5S/c1-16-10-11-27(18-6-3-4-7-21(18)34-16)22(29)15-28-23(30)25(2,26-24(28)31)17-8-9-19-20(14-17)33-13-5-12-32-19/h3-4,6-9,14,16H,5,10-13,15H2,1-2H3,(H,26,31). The summed E-state index contributed by atoms with van der Waals surface area (Å²) in [5, 5.41) is 3.14. The summed E-state index contributed by atoms with van der Waals surface area (Å²) in [4.78, 5) is 43.4.